The van der Waals surface area contributed by atoms with Gasteiger partial charge < -0.3 is 14.3 Å². The Bertz CT molecular complexity index is 1100. The van der Waals surface area contributed by atoms with Gasteiger partial charge in [-0.1, -0.05) is 30.3 Å². The highest BCUT2D eigenvalue weighted by atomic mass is 16.4. The zero-order valence-electron chi connectivity index (χ0n) is 18.1. The average molecular weight is 434 g/mol. The molecule has 4 rings (SSSR count). The Kier molecular flexibility index (Phi) is 6.79. The molecule has 8 nitrogen and oxygen atoms in total. The van der Waals surface area contributed by atoms with Crippen molar-refractivity contribution < 1.29 is 14.0 Å². The van der Waals surface area contributed by atoms with E-state index in [0.29, 0.717) is 12.3 Å². The highest BCUT2D eigenvalue weighted by Crippen LogP contribution is 2.29. The van der Waals surface area contributed by atoms with Gasteiger partial charge in [0.25, 0.3) is 5.91 Å². The summed E-state index contributed by atoms with van der Waals surface area (Å²) in [5, 5.41) is 7.30. The number of furan rings is 1. The van der Waals surface area contributed by atoms with Crippen LogP contribution in [0.4, 0.5) is 0 Å². The van der Waals surface area contributed by atoms with Crippen LogP contribution in [0.5, 0.6) is 0 Å². The molecule has 1 aromatic carbocycles. The van der Waals surface area contributed by atoms with Crippen LogP contribution in [0.2, 0.25) is 0 Å². The smallest absolute Gasteiger partial charge is 0.287 e. The molecule has 2 N–H and O–H groups in total. The monoisotopic (exact) mass is 433 g/mol. The van der Waals surface area contributed by atoms with Crippen molar-refractivity contribution in [2.45, 2.75) is 45.6 Å². The third-order valence-corrected chi connectivity index (χ3v) is 5.49. The van der Waals surface area contributed by atoms with E-state index in [2.05, 4.69) is 20.8 Å². The van der Waals surface area contributed by atoms with Gasteiger partial charge >= 0.3 is 0 Å². The van der Waals surface area contributed by atoms with E-state index in [1.165, 1.54) is 0 Å². The Balaban J connectivity index is 1.38. The Morgan fingerprint density at radius 3 is 2.84 bits per heavy atom. The number of carbonyl (C=O) groups excluding carboxylic acids is 2. The van der Waals surface area contributed by atoms with Crippen LogP contribution in [0.3, 0.4) is 0 Å². The summed E-state index contributed by atoms with van der Waals surface area (Å²) >= 11 is 0. The minimum absolute atomic E-state index is 0.173. The second kappa shape index (κ2) is 10.1. The van der Waals surface area contributed by atoms with Crippen LogP contribution in [0.1, 0.15) is 52.3 Å². The fraction of sp³-hybridized carbons (Fsp3) is 0.333. The number of carbonyl (C=O) groups is 2. The van der Waals surface area contributed by atoms with Crippen molar-refractivity contribution in [3.63, 3.8) is 0 Å². The molecule has 8 heteroatoms. The first-order chi connectivity index (χ1) is 15.6. The van der Waals surface area contributed by atoms with Crippen molar-refractivity contribution in [3.05, 3.63) is 77.3 Å². The molecule has 1 aliphatic rings. The quantitative estimate of drug-likeness (QED) is 0.421. The second-order valence-corrected chi connectivity index (χ2v) is 7.87. The highest BCUT2D eigenvalue weighted by Gasteiger charge is 2.28. The van der Waals surface area contributed by atoms with Gasteiger partial charge in [0.15, 0.2) is 5.76 Å². The van der Waals surface area contributed by atoms with Crippen LogP contribution < -0.4 is 10.7 Å². The zero-order chi connectivity index (χ0) is 22.3. The number of imidazole rings is 1. The maximum atomic E-state index is 12.7. The standard InChI is InChI=1S/C24H27N5O3/c1-17-22-19(27-28-21(30)15-18-7-3-2-4-8-18)9-5-10-20(22)32-23(17)24(31)26-11-6-13-29-14-12-25-16-29/h2-4,7-8,12,14,16H,5-6,9-11,13,15H2,1H3,(H,26,31)(H,28,30)/b27-19+. The molecule has 0 saturated heterocycles. The normalized spacial score (nSPS) is 14.2. The van der Waals surface area contributed by atoms with Crippen LogP contribution in [0.15, 0.2) is 58.6 Å². The van der Waals surface area contributed by atoms with Crippen molar-refractivity contribution in [3.8, 4) is 0 Å². The predicted molar refractivity (Wildman–Crippen MR) is 120 cm³/mol. The maximum absolute atomic E-state index is 12.7. The molecule has 32 heavy (non-hydrogen) atoms. The first-order valence-electron chi connectivity index (χ1n) is 10.9. The summed E-state index contributed by atoms with van der Waals surface area (Å²) in [7, 11) is 0. The van der Waals surface area contributed by atoms with Crippen molar-refractivity contribution in [2.24, 2.45) is 5.10 Å². The molecule has 0 aliphatic heterocycles. The van der Waals surface area contributed by atoms with Gasteiger partial charge in [-0.15, -0.1) is 0 Å². The number of hydrazone groups is 1. The van der Waals surface area contributed by atoms with Gasteiger partial charge in [0.05, 0.1) is 18.5 Å². The summed E-state index contributed by atoms with van der Waals surface area (Å²) < 4.78 is 7.88. The largest absolute Gasteiger partial charge is 0.455 e. The summed E-state index contributed by atoms with van der Waals surface area (Å²) in [6.07, 6.45) is 8.78. The number of nitrogens with zero attached hydrogens (tertiary/aromatic N) is 3. The van der Waals surface area contributed by atoms with Crippen LogP contribution in [0.25, 0.3) is 0 Å². The van der Waals surface area contributed by atoms with E-state index in [9.17, 15) is 9.59 Å². The molecule has 0 atom stereocenters. The molecule has 0 saturated carbocycles. The highest BCUT2D eigenvalue weighted by molar-refractivity contribution is 6.06. The fourth-order valence-corrected chi connectivity index (χ4v) is 3.91. The Hall–Kier alpha value is -3.68. The van der Waals surface area contributed by atoms with Gasteiger partial charge in [0.1, 0.15) is 5.76 Å². The fourth-order valence-electron chi connectivity index (χ4n) is 3.91. The lowest BCUT2D eigenvalue weighted by Crippen LogP contribution is -2.25. The van der Waals surface area contributed by atoms with Crippen LogP contribution in [0, 0.1) is 6.92 Å². The summed E-state index contributed by atoms with van der Waals surface area (Å²) in [5.74, 6) is 0.680. The summed E-state index contributed by atoms with van der Waals surface area (Å²) in [5.41, 5.74) is 5.96. The Morgan fingerprint density at radius 1 is 1.22 bits per heavy atom. The number of nitrogens with one attached hydrogen (secondary N) is 2. The minimum atomic E-state index is -0.227. The van der Waals surface area contributed by atoms with Crippen molar-refractivity contribution in [1.29, 1.82) is 0 Å². The van der Waals surface area contributed by atoms with Crippen LogP contribution in [-0.4, -0.2) is 33.6 Å². The van der Waals surface area contributed by atoms with Crippen molar-refractivity contribution >= 4 is 17.5 Å². The van der Waals surface area contributed by atoms with Crippen molar-refractivity contribution in [1.82, 2.24) is 20.3 Å². The summed E-state index contributed by atoms with van der Waals surface area (Å²) in [6, 6.07) is 9.54. The molecule has 2 amide bonds. The molecule has 0 spiro atoms. The Labute approximate surface area is 186 Å². The number of hydrogen-bond donors (Lipinski definition) is 2. The summed E-state index contributed by atoms with van der Waals surface area (Å²) in [6.45, 7) is 3.20. The van der Waals surface area contributed by atoms with Crippen molar-refractivity contribution in [2.75, 3.05) is 6.54 Å². The third-order valence-electron chi connectivity index (χ3n) is 5.49. The molecular formula is C24H27N5O3. The topological polar surface area (TPSA) is 102 Å². The van der Waals surface area contributed by atoms with Crippen LogP contribution >= 0.6 is 0 Å². The molecule has 2 heterocycles. The summed E-state index contributed by atoms with van der Waals surface area (Å²) in [4.78, 5) is 29.0. The first-order valence-corrected chi connectivity index (χ1v) is 10.9. The molecular weight excluding hydrogens is 406 g/mol. The number of aryl methyl sites for hydroxylation is 2. The zero-order valence-corrected chi connectivity index (χ0v) is 18.1. The van der Waals surface area contributed by atoms with E-state index in [1.807, 2.05) is 48.0 Å². The van der Waals surface area contributed by atoms with E-state index in [1.54, 1.807) is 12.5 Å². The number of benzene rings is 1. The molecule has 3 aromatic rings. The molecule has 166 valence electrons. The minimum Gasteiger partial charge on any atom is -0.455 e. The van der Waals surface area contributed by atoms with E-state index in [0.717, 1.165) is 60.4 Å². The number of hydrogen-bond acceptors (Lipinski definition) is 5. The van der Waals surface area contributed by atoms with Gasteiger partial charge in [0.2, 0.25) is 5.91 Å². The van der Waals surface area contributed by atoms with E-state index in [-0.39, 0.29) is 18.2 Å². The van der Waals surface area contributed by atoms with Gasteiger partial charge in [-0.3, -0.25) is 9.59 Å². The maximum Gasteiger partial charge on any atom is 0.287 e. The van der Waals surface area contributed by atoms with Crippen LogP contribution in [-0.2, 0) is 24.2 Å². The molecule has 0 radical (unpaired) electrons. The first kappa shape index (κ1) is 21.5. The Morgan fingerprint density at radius 2 is 2.06 bits per heavy atom. The van der Waals surface area contributed by atoms with E-state index >= 15 is 0 Å². The SMILES string of the molecule is Cc1c(C(=O)NCCCn2ccnc2)oc2c1/C(=N/NC(=O)Cc1ccccc1)CCC2. The second-order valence-electron chi connectivity index (χ2n) is 7.87. The lowest BCUT2D eigenvalue weighted by molar-refractivity contribution is -0.120. The number of rotatable bonds is 8. The lowest BCUT2D eigenvalue weighted by atomic mass is 9.93. The van der Waals surface area contributed by atoms with Gasteiger partial charge in [0, 0.05) is 43.0 Å². The number of fused-ring (bicyclic) bond motifs is 1. The number of amides is 2. The molecule has 0 bridgehead atoms. The molecule has 0 fully saturated rings. The molecule has 0 unspecified atom stereocenters. The lowest BCUT2D eigenvalue weighted by Gasteiger charge is -2.13. The molecule has 2 aromatic heterocycles. The van der Waals surface area contributed by atoms with Gasteiger partial charge in [-0.05, 0) is 31.7 Å². The molecule has 1 aliphatic carbocycles. The van der Waals surface area contributed by atoms with E-state index < -0.39 is 0 Å². The van der Waals surface area contributed by atoms with Gasteiger partial charge in [-0.2, -0.15) is 5.10 Å². The number of aromatic nitrogens is 2. The van der Waals surface area contributed by atoms with Gasteiger partial charge in [-0.25, -0.2) is 10.4 Å². The van der Waals surface area contributed by atoms with E-state index in [4.69, 9.17) is 4.42 Å². The average Bonchev–Trinajstić information content (AvgIpc) is 3.44. The predicted octanol–water partition coefficient (Wildman–Crippen LogP) is 3.00. The third kappa shape index (κ3) is 5.14.